The molecule has 10 heteroatoms. The van der Waals surface area contributed by atoms with Crippen LogP contribution in [0.15, 0.2) is 71.6 Å². The summed E-state index contributed by atoms with van der Waals surface area (Å²) in [4.78, 5) is 23.7. The van der Waals surface area contributed by atoms with E-state index < -0.39 is 20.9 Å². The van der Waals surface area contributed by atoms with Crippen LogP contribution in [-0.4, -0.2) is 26.4 Å². The van der Waals surface area contributed by atoms with E-state index in [1.54, 1.807) is 0 Å². The zero-order chi connectivity index (χ0) is 22.8. The van der Waals surface area contributed by atoms with Gasteiger partial charge in [-0.15, -0.1) is 0 Å². The molecule has 1 amide bonds. The Labute approximate surface area is 183 Å². The monoisotopic (exact) mass is 460 g/mol. The normalized spacial score (nSPS) is 11.1. The van der Waals surface area contributed by atoms with Crippen molar-refractivity contribution in [3.05, 3.63) is 93.0 Å². The maximum atomic E-state index is 13.4. The molecule has 8 nitrogen and oxygen atoms in total. The molecule has 0 heterocycles. The molecule has 0 aliphatic carbocycles. The Morgan fingerprint density at radius 3 is 2.16 bits per heavy atom. The highest BCUT2D eigenvalue weighted by Gasteiger charge is 2.32. The van der Waals surface area contributed by atoms with E-state index in [0.29, 0.717) is 15.1 Å². The van der Waals surface area contributed by atoms with Crippen molar-refractivity contribution in [3.8, 4) is 5.75 Å². The number of hydrogen-bond acceptors (Lipinski definition) is 6. The van der Waals surface area contributed by atoms with Crippen LogP contribution in [0.2, 0.25) is 5.02 Å². The number of nitro groups is 1. The lowest BCUT2D eigenvalue weighted by Crippen LogP contribution is -2.37. The van der Waals surface area contributed by atoms with Crippen LogP contribution in [0.4, 0.5) is 11.4 Å². The van der Waals surface area contributed by atoms with E-state index >= 15 is 0 Å². The standard InChI is InChI=1S/C21H17ClN2O6S/c1-14-13-15(3-12-20(14)24(26)27)21(25)23(17-6-8-18(30-2)9-7-17)31(28,29)19-10-4-16(22)5-11-19/h3-13H,1-2H3. The lowest BCUT2D eigenvalue weighted by atomic mass is 10.1. The van der Waals surface area contributed by atoms with Gasteiger partial charge in [0, 0.05) is 22.2 Å². The number of sulfonamides is 1. The van der Waals surface area contributed by atoms with Crippen LogP contribution in [-0.2, 0) is 10.0 Å². The summed E-state index contributed by atoms with van der Waals surface area (Å²) >= 11 is 5.86. The summed E-state index contributed by atoms with van der Waals surface area (Å²) in [5.74, 6) is -0.385. The molecule has 0 saturated heterocycles. The van der Waals surface area contributed by atoms with E-state index in [0.717, 1.165) is 0 Å². The number of aryl methyl sites for hydroxylation is 1. The maximum absolute atomic E-state index is 13.4. The van der Waals surface area contributed by atoms with Crippen LogP contribution in [0, 0.1) is 17.0 Å². The number of nitrogens with zero attached hydrogens (tertiary/aromatic N) is 2. The molecule has 0 bridgehead atoms. The molecule has 0 aliphatic heterocycles. The Morgan fingerprint density at radius 2 is 1.65 bits per heavy atom. The molecule has 3 aromatic carbocycles. The van der Waals surface area contributed by atoms with Crippen LogP contribution in [0.1, 0.15) is 15.9 Å². The van der Waals surface area contributed by atoms with Gasteiger partial charge in [0.05, 0.1) is 22.6 Å². The molecule has 0 unspecified atom stereocenters. The summed E-state index contributed by atoms with van der Waals surface area (Å²) in [6, 6.07) is 15.0. The van der Waals surface area contributed by atoms with Crippen molar-refractivity contribution < 1.29 is 22.9 Å². The Kier molecular flexibility index (Phi) is 6.28. The van der Waals surface area contributed by atoms with Gasteiger partial charge >= 0.3 is 0 Å². The van der Waals surface area contributed by atoms with Crippen LogP contribution in [0.3, 0.4) is 0 Å². The summed E-state index contributed by atoms with van der Waals surface area (Å²) in [5.41, 5.74) is 0.121. The molecule has 0 fully saturated rings. The predicted molar refractivity (Wildman–Crippen MR) is 116 cm³/mol. The topological polar surface area (TPSA) is 107 Å². The van der Waals surface area contributed by atoms with Crippen LogP contribution in [0.25, 0.3) is 0 Å². The molecule has 0 radical (unpaired) electrons. The molecule has 3 aromatic rings. The number of carbonyl (C=O) groups excluding carboxylic acids is 1. The molecule has 0 atom stereocenters. The average molecular weight is 461 g/mol. The first kappa shape index (κ1) is 22.3. The van der Waals surface area contributed by atoms with Gasteiger partial charge in [0.1, 0.15) is 5.75 Å². The summed E-state index contributed by atoms with van der Waals surface area (Å²) in [5, 5.41) is 11.4. The Balaban J connectivity index is 2.15. The number of rotatable bonds is 6. The van der Waals surface area contributed by atoms with E-state index in [1.165, 1.54) is 80.8 Å². The number of methoxy groups -OCH3 is 1. The quantitative estimate of drug-likeness (QED) is 0.393. The highest BCUT2D eigenvalue weighted by atomic mass is 35.5. The molecule has 0 aliphatic rings. The van der Waals surface area contributed by atoms with Crippen molar-refractivity contribution in [1.82, 2.24) is 0 Å². The highest BCUT2D eigenvalue weighted by Crippen LogP contribution is 2.29. The third-order valence-corrected chi connectivity index (χ3v) is 6.46. The number of hydrogen-bond donors (Lipinski definition) is 0. The van der Waals surface area contributed by atoms with Gasteiger partial charge < -0.3 is 4.74 Å². The van der Waals surface area contributed by atoms with Gasteiger partial charge in [0.2, 0.25) is 0 Å². The first-order valence-corrected chi connectivity index (χ1v) is 10.7. The molecular formula is C21H17ClN2O6S. The first-order chi connectivity index (χ1) is 14.6. The lowest BCUT2D eigenvalue weighted by Gasteiger charge is -2.23. The number of ether oxygens (including phenoxy) is 1. The van der Waals surface area contributed by atoms with Gasteiger partial charge in [0.25, 0.3) is 21.6 Å². The smallest absolute Gasteiger partial charge is 0.272 e. The largest absolute Gasteiger partial charge is 0.497 e. The van der Waals surface area contributed by atoms with Gasteiger partial charge in [-0.25, -0.2) is 8.42 Å². The molecule has 31 heavy (non-hydrogen) atoms. The second kappa shape index (κ2) is 8.75. The Bertz CT molecular complexity index is 1240. The number of carbonyl (C=O) groups is 1. The summed E-state index contributed by atoms with van der Waals surface area (Å²) in [7, 11) is -2.87. The van der Waals surface area contributed by atoms with Crippen molar-refractivity contribution in [1.29, 1.82) is 0 Å². The van der Waals surface area contributed by atoms with Crippen molar-refractivity contribution in [2.45, 2.75) is 11.8 Å². The van der Waals surface area contributed by atoms with Crippen LogP contribution in [0.5, 0.6) is 5.75 Å². The second-order valence-corrected chi connectivity index (χ2v) is 8.71. The zero-order valence-electron chi connectivity index (χ0n) is 16.5. The minimum absolute atomic E-state index is 0.0172. The van der Waals surface area contributed by atoms with Crippen molar-refractivity contribution in [3.63, 3.8) is 0 Å². The van der Waals surface area contributed by atoms with Crippen LogP contribution >= 0.6 is 11.6 Å². The van der Waals surface area contributed by atoms with Gasteiger partial charge in [-0.05, 0) is 67.6 Å². The molecule has 0 saturated carbocycles. The fraction of sp³-hybridized carbons (Fsp3) is 0.0952. The Morgan fingerprint density at radius 1 is 1.03 bits per heavy atom. The molecule has 0 spiro atoms. The molecule has 160 valence electrons. The van der Waals surface area contributed by atoms with Crippen molar-refractivity contribution in [2.75, 3.05) is 11.4 Å². The van der Waals surface area contributed by atoms with E-state index in [1.807, 2.05) is 0 Å². The molecular weight excluding hydrogens is 444 g/mol. The predicted octanol–water partition coefficient (Wildman–Crippen LogP) is 4.60. The van der Waals surface area contributed by atoms with Crippen molar-refractivity contribution >= 4 is 38.9 Å². The molecule has 0 N–H and O–H groups in total. The lowest BCUT2D eigenvalue weighted by molar-refractivity contribution is -0.385. The summed E-state index contributed by atoms with van der Waals surface area (Å²) < 4.78 is 32.5. The Hall–Kier alpha value is -3.43. The fourth-order valence-electron chi connectivity index (χ4n) is 2.91. The minimum atomic E-state index is -4.33. The SMILES string of the molecule is COc1ccc(N(C(=O)c2ccc([N+](=O)[O-])c(C)c2)S(=O)(=O)c2ccc(Cl)cc2)cc1. The van der Waals surface area contributed by atoms with E-state index in [9.17, 15) is 23.3 Å². The number of amides is 1. The zero-order valence-corrected chi connectivity index (χ0v) is 18.1. The number of halogens is 1. The minimum Gasteiger partial charge on any atom is -0.497 e. The second-order valence-electron chi connectivity index (χ2n) is 6.48. The third-order valence-electron chi connectivity index (χ3n) is 4.48. The van der Waals surface area contributed by atoms with E-state index in [2.05, 4.69) is 0 Å². The van der Waals surface area contributed by atoms with E-state index in [4.69, 9.17) is 16.3 Å². The van der Waals surface area contributed by atoms with Gasteiger partial charge in [0.15, 0.2) is 0 Å². The summed E-state index contributed by atoms with van der Waals surface area (Å²) in [6.07, 6.45) is 0. The average Bonchev–Trinajstić information content (AvgIpc) is 2.74. The molecule has 3 rings (SSSR count). The molecule has 0 aromatic heterocycles. The number of anilines is 1. The van der Waals surface area contributed by atoms with Gasteiger partial charge in [-0.3, -0.25) is 14.9 Å². The summed E-state index contributed by atoms with van der Waals surface area (Å²) in [6.45, 7) is 1.47. The van der Waals surface area contributed by atoms with Gasteiger partial charge in [-0.1, -0.05) is 11.6 Å². The fourth-order valence-corrected chi connectivity index (χ4v) is 4.45. The third kappa shape index (κ3) is 4.52. The first-order valence-electron chi connectivity index (χ1n) is 8.89. The van der Waals surface area contributed by atoms with Crippen LogP contribution < -0.4 is 9.04 Å². The highest BCUT2D eigenvalue weighted by molar-refractivity contribution is 7.93. The van der Waals surface area contributed by atoms with Crippen molar-refractivity contribution in [2.24, 2.45) is 0 Å². The number of benzene rings is 3. The maximum Gasteiger partial charge on any atom is 0.272 e. The van der Waals surface area contributed by atoms with Gasteiger partial charge in [-0.2, -0.15) is 4.31 Å². The van der Waals surface area contributed by atoms with E-state index in [-0.39, 0.29) is 27.4 Å². The number of nitro benzene ring substituents is 1.